The number of rotatable bonds is 4. The number of benzene rings is 1. The molecule has 0 aliphatic rings. The van der Waals surface area contributed by atoms with Crippen molar-refractivity contribution in [2.45, 2.75) is 13.3 Å². The summed E-state index contributed by atoms with van der Waals surface area (Å²) >= 11 is 1.31. The molecule has 1 rings (SSSR count). The molecule has 86 valence electrons. The maximum Gasteiger partial charge on any atom is 0.185 e. The molecule has 0 spiro atoms. The number of allylic oxidation sites excluding steroid dienone is 1. The zero-order valence-corrected chi connectivity index (χ0v) is 9.96. The van der Waals surface area contributed by atoms with E-state index < -0.39 is 0 Å². The van der Waals surface area contributed by atoms with Gasteiger partial charge in [0.1, 0.15) is 5.75 Å². The van der Waals surface area contributed by atoms with Crippen LogP contribution in [0.15, 0.2) is 24.3 Å². The number of carbonyl (C=O) groups is 1. The third-order valence-corrected chi connectivity index (χ3v) is 2.80. The van der Waals surface area contributed by atoms with E-state index in [4.69, 9.17) is 10.8 Å². The number of phenols is 1. The van der Waals surface area contributed by atoms with E-state index in [2.05, 4.69) is 0 Å². The van der Waals surface area contributed by atoms with Crippen LogP contribution in [0, 0.1) is 0 Å². The highest BCUT2D eigenvalue weighted by Crippen LogP contribution is 2.19. The Morgan fingerprint density at radius 1 is 1.56 bits per heavy atom. The Hall–Kier alpha value is -1.42. The number of nitrogen functional groups attached to an aromatic ring is 1. The van der Waals surface area contributed by atoms with E-state index in [1.54, 1.807) is 19.1 Å². The lowest BCUT2D eigenvalue weighted by atomic mass is 10.1. The Morgan fingerprint density at radius 2 is 2.31 bits per heavy atom. The van der Waals surface area contributed by atoms with Gasteiger partial charge in [-0.15, -0.1) is 0 Å². The van der Waals surface area contributed by atoms with Crippen LogP contribution < -0.4 is 5.73 Å². The minimum atomic E-state index is 0.137. The highest BCUT2D eigenvalue weighted by Gasteiger charge is 1.96. The van der Waals surface area contributed by atoms with Crippen molar-refractivity contribution in [3.8, 4) is 5.75 Å². The molecule has 0 amide bonds. The molecule has 0 saturated heterocycles. The lowest BCUT2D eigenvalue weighted by Gasteiger charge is -2.00. The lowest BCUT2D eigenvalue weighted by Crippen LogP contribution is -1.88. The number of aromatic hydroxyl groups is 1. The minimum absolute atomic E-state index is 0.137. The molecule has 3 nitrogen and oxygen atoms in total. The first-order valence-corrected chi connectivity index (χ1v) is 5.96. The van der Waals surface area contributed by atoms with Crippen molar-refractivity contribution in [3.63, 3.8) is 0 Å². The molecule has 0 radical (unpaired) electrons. The predicted octanol–water partition coefficient (Wildman–Crippen LogP) is 2.66. The fourth-order valence-corrected chi connectivity index (χ4v) is 1.74. The first kappa shape index (κ1) is 12.6. The molecule has 0 aliphatic carbocycles. The molecular weight excluding hydrogens is 222 g/mol. The molecule has 0 bridgehead atoms. The van der Waals surface area contributed by atoms with E-state index in [9.17, 15) is 4.79 Å². The maximum absolute atomic E-state index is 10.7. The van der Waals surface area contributed by atoms with Gasteiger partial charge in [0.05, 0.1) is 0 Å². The average Bonchev–Trinajstić information content (AvgIpc) is 2.20. The van der Waals surface area contributed by atoms with Crippen LogP contribution in [0.25, 0.3) is 6.08 Å². The SMILES string of the molecule is CC(=O)SCCC=Cc1ccc(O)cc1N. The number of nitrogens with two attached hydrogens (primary N) is 1. The van der Waals surface area contributed by atoms with Gasteiger partial charge in [0.2, 0.25) is 0 Å². The number of thioether (sulfide) groups is 1. The second-order valence-electron chi connectivity index (χ2n) is 3.34. The summed E-state index contributed by atoms with van der Waals surface area (Å²) in [6.45, 7) is 1.56. The standard InChI is InChI=1S/C12H15NO2S/c1-9(14)16-7-3-2-4-10-5-6-11(15)8-12(10)13/h2,4-6,8,15H,3,7,13H2,1H3. The molecule has 0 atom stereocenters. The van der Waals surface area contributed by atoms with Gasteiger partial charge in [-0.1, -0.05) is 23.9 Å². The summed E-state index contributed by atoms with van der Waals surface area (Å²) in [6.07, 6.45) is 4.69. The van der Waals surface area contributed by atoms with Gasteiger partial charge >= 0.3 is 0 Å². The smallest absolute Gasteiger partial charge is 0.185 e. The van der Waals surface area contributed by atoms with Gasteiger partial charge in [-0.25, -0.2) is 0 Å². The Kier molecular flexibility index (Phi) is 4.92. The Bertz CT molecular complexity index is 402. The molecule has 3 N–H and O–H groups in total. The Labute approximate surface area is 99.4 Å². The lowest BCUT2D eigenvalue weighted by molar-refractivity contribution is -0.109. The van der Waals surface area contributed by atoms with Gasteiger partial charge < -0.3 is 10.8 Å². The minimum Gasteiger partial charge on any atom is -0.508 e. The first-order valence-electron chi connectivity index (χ1n) is 4.98. The van der Waals surface area contributed by atoms with Crippen LogP contribution in [0.3, 0.4) is 0 Å². The monoisotopic (exact) mass is 237 g/mol. The summed E-state index contributed by atoms with van der Waals surface area (Å²) in [4.78, 5) is 10.7. The van der Waals surface area contributed by atoms with Gasteiger partial charge in [-0.05, 0) is 24.1 Å². The van der Waals surface area contributed by atoms with Crippen molar-refractivity contribution >= 4 is 28.6 Å². The molecule has 0 saturated carbocycles. The molecule has 1 aromatic rings. The van der Waals surface area contributed by atoms with Gasteiger partial charge in [0.15, 0.2) is 5.12 Å². The van der Waals surface area contributed by atoms with E-state index in [1.165, 1.54) is 17.8 Å². The summed E-state index contributed by atoms with van der Waals surface area (Å²) in [7, 11) is 0. The van der Waals surface area contributed by atoms with Crippen LogP contribution >= 0.6 is 11.8 Å². The van der Waals surface area contributed by atoms with Crippen molar-refractivity contribution in [1.82, 2.24) is 0 Å². The summed E-state index contributed by atoms with van der Waals surface area (Å²) in [5, 5.41) is 9.30. The van der Waals surface area contributed by atoms with Crippen molar-refractivity contribution in [1.29, 1.82) is 0 Å². The number of hydrogen-bond donors (Lipinski definition) is 2. The molecule has 1 aromatic carbocycles. The van der Waals surface area contributed by atoms with Crippen LogP contribution in [0.4, 0.5) is 5.69 Å². The van der Waals surface area contributed by atoms with Gasteiger partial charge in [0, 0.05) is 24.4 Å². The Morgan fingerprint density at radius 3 is 2.94 bits per heavy atom. The second kappa shape index (κ2) is 6.23. The molecule has 0 heterocycles. The van der Waals surface area contributed by atoms with Crippen LogP contribution in [0.2, 0.25) is 0 Å². The van der Waals surface area contributed by atoms with Crippen LogP contribution in [-0.4, -0.2) is 16.0 Å². The van der Waals surface area contributed by atoms with E-state index in [-0.39, 0.29) is 10.9 Å². The molecule has 4 heteroatoms. The topological polar surface area (TPSA) is 63.3 Å². The fraction of sp³-hybridized carbons (Fsp3) is 0.250. The number of hydrogen-bond acceptors (Lipinski definition) is 4. The third-order valence-electron chi connectivity index (χ3n) is 1.96. The average molecular weight is 237 g/mol. The number of carbonyl (C=O) groups excluding carboxylic acids is 1. The fourth-order valence-electron chi connectivity index (χ4n) is 1.19. The summed E-state index contributed by atoms with van der Waals surface area (Å²) in [5.41, 5.74) is 7.15. The van der Waals surface area contributed by atoms with Gasteiger partial charge in [-0.3, -0.25) is 4.79 Å². The van der Waals surface area contributed by atoms with Crippen molar-refractivity contribution in [2.24, 2.45) is 0 Å². The molecule has 0 unspecified atom stereocenters. The highest BCUT2D eigenvalue weighted by molar-refractivity contribution is 8.13. The summed E-state index contributed by atoms with van der Waals surface area (Å²) < 4.78 is 0. The maximum atomic E-state index is 10.7. The largest absolute Gasteiger partial charge is 0.508 e. The van der Waals surface area contributed by atoms with Crippen molar-refractivity contribution < 1.29 is 9.90 Å². The van der Waals surface area contributed by atoms with E-state index in [1.807, 2.05) is 12.2 Å². The van der Waals surface area contributed by atoms with Crippen LogP contribution in [-0.2, 0) is 4.79 Å². The summed E-state index contributed by atoms with van der Waals surface area (Å²) in [6, 6.07) is 4.88. The molecule has 0 aliphatic heterocycles. The zero-order chi connectivity index (χ0) is 12.0. The van der Waals surface area contributed by atoms with E-state index >= 15 is 0 Å². The van der Waals surface area contributed by atoms with Crippen molar-refractivity contribution in [3.05, 3.63) is 29.8 Å². The molecule has 0 aromatic heterocycles. The normalized spacial score (nSPS) is 10.8. The van der Waals surface area contributed by atoms with Crippen LogP contribution in [0.5, 0.6) is 5.75 Å². The van der Waals surface area contributed by atoms with E-state index in [0.29, 0.717) is 5.69 Å². The predicted molar refractivity (Wildman–Crippen MR) is 69.3 cm³/mol. The molecular formula is C12H15NO2S. The third kappa shape index (κ3) is 4.40. The molecule has 0 fully saturated rings. The number of phenolic OH excluding ortho intramolecular Hbond substituents is 1. The summed E-state index contributed by atoms with van der Waals surface area (Å²) in [5.74, 6) is 0.950. The first-order chi connectivity index (χ1) is 7.59. The van der Waals surface area contributed by atoms with Gasteiger partial charge in [0.25, 0.3) is 0 Å². The number of anilines is 1. The Balaban J connectivity index is 2.47. The molecule has 16 heavy (non-hydrogen) atoms. The van der Waals surface area contributed by atoms with Gasteiger partial charge in [-0.2, -0.15) is 0 Å². The highest BCUT2D eigenvalue weighted by atomic mass is 32.2. The van der Waals surface area contributed by atoms with E-state index in [0.717, 1.165) is 17.7 Å². The quantitative estimate of drug-likeness (QED) is 0.624. The zero-order valence-electron chi connectivity index (χ0n) is 9.14. The van der Waals surface area contributed by atoms with Crippen molar-refractivity contribution in [2.75, 3.05) is 11.5 Å². The second-order valence-corrected chi connectivity index (χ2v) is 4.62. The van der Waals surface area contributed by atoms with Crippen LogP contribution in [0.1, 0.15) is 18.9 Å².